The van der Waals surface area contributed by atoms with Crippen molar-refractivity contribution in [2.45, 2.75) is 276 Å². The van der Waals surface area contributed by atoms with Crippen molar-refractivity contribution >= 4 is 5.91 Å². The molecule has 0 radical (unpaired) electrons. The standard InChI is InChI=1S/C55H101NO4/c1-3-5-7-9-11-13-15-17-18-19-20-21-22-23-24-25-26-27-28-29-30-31-32-33-34-35-36-37-38-40-42-44-46-48-52(58)50-55(60)56-53(51-57)54(59)49-47-45-43-41-39-16-14-12-10-8-6-4-2/h10,12,22-23,25-26,39,41,47,49,52-54,57-59H,3-9,11,13-21,24,27-38,40,42-46,48,50-51H2,1-2H3,(H,56,60)/b12-10+,23-22-,26-25-,41-39+,49-47+. The Morgan fingerprint density at radius 3 is 1.22 bits per heavy atom. The van der Waals surface area contributed by atoms with Crippen LogP contribution in [-0.4, -0.2) is 46.1 Å². The maximum atomic E-state index is 12.4. The summed E-state index contributed by atoms with van der Waals surface area (Å²) in [7, 11) is 0. The van der Waals surface area contributed by atoms with E-state index in [2.05, 4.69) is 67.8 Å². The molecule has 0 aromatic heterocycles. The number of nitrogens with one attached hydrogen (secondary N) is 1. The van der Waals surface area contributed by atoms with E-state index in [1.54, 1.807) is 6.08 Å². The van der Waals surface area contributed by atoms with Crippen molar-refractivity contribution in [3.63, 3.8) is 0 Å². The van der Waals surface area contributed by atoms with Gasteiger partial charge in [0.1, 0.15) is 0 Å². The van der Waals surface area contributed by atoms with Gasteiger partial charge in [-0.1, -0.05) is 242 Å². The first-order valence-electron chi connectivity index (χ1n) is 26.1. The van der Waals surface area contributed by atoms with Gasteiger partial charge in [-0.2, -0.15) is 0 Å². The number of carbonyl (C=O) groups is 1. The fourth-order valence-corrected chi connectivity index (χ4v) is 7.74. The second-order valence-electron chi connectivity index (χ2n) is 17.8. The van der Waals surface area contributed by atoms with Crippen LogP contribution in [0.25, 0.3) is 0 Å². The van der Waals surface area contributed by atoms with Crippen molar-refractivity contribution in [3.8, 4) is 0 Å². The average Bonchev–Trinajstić information content (AvgIpc) is 3.24. The highest BCUT2D eigenvalue weighted by molar-refractivity contribution is 5.76. The molecule has 0 fully saturated rings. The quantitative estimate of drug-likeness (QED) is 0.0363. The zero-order valence-electron chi connectivity index (χ0n) is 39.8. The van der Waals surface area contributed by atoms with Gasteiger partial charge in [0.05, 0.1) is 31.3 Å². The van der Waals surface area contributed by atoms with E-state index >= 15 is 0 Å². The summed E-state index contributed by atoms with van der Waals surface area (Å²) in [6, 6.07) is -0.768. The number of hydrogen-bond acceptors (Lipinski definition) is 4. The van der Waals surface area contributed by atoms with Crippen molar-refractivity contribution in [1.82, 2.24) is 5.32 Å². The smallest absolute Gasteiger partial charge is 0.222 e. The molecule has 4 N–H and O–H groups in total. The number of unbranched alkanes of at least 4 members (excludes halogenated alkanes) is 30. The van der Waals surface area contributed by atoms with Crippen LogP contribution in [0.2, 0.25) is 0 Å². The minimum absolute atomic E-state index is 0.000915. The highest BCUT2D eigenvalue weighted by Crippen LogP contribution is 2.16. The van der Waals surface area contributed by atoms with Crippen molar-refractivity contribution in [2.75, 3.05) is 6.61 Å². The number of allylic oxidation sites excluding steroid dienone is 9. The van der Waals surface area contributed by atoms with Gasteiger partial charge in [-0.15, -0.1) is 0 Å². The molecule has 3 unspecified atom stereocenters. The van der Waals surface area contributed by atoms with Crippen LogP contribution in [0.4, 0.5) is 0 Å². The summed E-state index contributed by atoms with van der Waals surface area (Å²) in [4.78, 5) is 12.4. The van der Waals surface area contributed by atoms with Crippen LogP contribution in [0.5, 0.6) is 0 Å². The monoisotopic (exact) mass is 840 g/mol. The molecule has 0 heterocycles. The highest BCUT2D eigenvalue weighted by atomic mass is 16.3. The second-order valence-corrected chi connectivity index (χ2v) is 17.8. The first kappa shape index (κ1) is 58.0. The van der Waals surface area contributed by atoms with Gasteiger partial charge < -0.3 is 20.6 Å². The summed E-state index contributed by atoms with van der Waals surface area (Å²) in [5.74, 6) is -0.331. The summed E-state index contributed by atoms with van der Waals surface area (Å²) < 4.78 is 0. The highest BCUT2D eigenvalue weighted by Gasteiger charge is 2.20. The topological polar surface area (TPSA) is 89.8 Å². The summed E-state index contributed by atoms with van der Waals surface area (Å²) in [6.45, 7) is 4.15. The molecule has 0 aliphatic carbocycles. The average molecular weight is 840 g/mol. The van der Waals surface area contributed by atoms with E-state index in [-0.39, 0.29) is 18.9 Å². The van der Waals surface area contributed by atoms with Crippen LogP contribution < -0.4 is 5.32 Å². The van der Waals surface area contributed by atoms with Crippen molar-refractivity contribution in [2.24, 2.45) is 0 Å². The molecule has 0 aliphatic heterocycles. The van der Waals surface area contributed by atoms with Crippen molar-refractivity contribution in [1.29, 1.82) is 0 Å². The Morgan fingerprint density at radius 2 is 0.783 bits per heavy atom. The van der Waals surface area contributed by atoms with Crippen LogP contribution in [0.3, 0.4) is 0 Å². The van der Waals surface area contributed by atoms with Crippen molar-refractivity contribution < 1.29 is 20.1 Å². The van der Waals surface area contributed by atoms with E-state index in [0.717, 1.165) is 44.9 Å². The van der Waals surface area contributed by atoms with E-state index in [0.29, 0.717) is 6.42 Å². The molecular formula is C55H101NO4. The number of amides is 1. The minimum Gasteiger partial charge on any atom is -0.394 e. The molecule has 350 valence electrons. The summed E-state index contributed by atoms with van der Waals surface area (Å²) in [6.07, 6.45) is 67.0. The maximum absolute atomic E-state index is 12.4. The Kier molecular flexibility index (Phi) is 48.1. The number of carbonyl (C=O) groups excluding carboxylic acids is 1. The molecule has 0 aromatic carbocycles. The maximum Gasteiger partial charge on any atom is 0.222 e. The minimum atomic E-state index is -0.960. The predicted molar refractivity (Wildman–Crippen MR) is 264 cm³/mol. The molecule has 0 aliphatic rings. The Bertz CT molecular complexity index is 1020. The Hall–Kier alpha value is -1.95. The predicted octanol–water partition coefficient (Wildman–Crippen LogP) is 15.8. The third kappa shape index (κ3) is 45.6. The SMILES string of the molecule is CCCC/C=C/CC/C=C/CC/C=C/C(O)C(CO)NC(=O)CC(O)CCCCCCCCCCCCCCCCC/C=C\C/C=C\CCCCCCCCCCCCC. The zero-order valence-corrected chi connectivity index (χ0v) is 39.8. The molecule has 0 bridgehead atoms. The van der Waals surface area contributed by atoms with Gasteiger partial charge in [-0.05, 0) is 70.6 Å². The Balaban J connectivity index is 3.54. The lowest BCUT2D eigenvalue weighted by atomic mass is 10.0. The van der Waals surface area contributed by atoms with Gasteiger partial charge in [-0.25, -0.2) is 0 Å². The third-order valence-corrected chi connectivity index (χ3v) is 11.8. The van der Waals surface area contributed by atoms with E-state index < -0.39 is 18.2 Å². The number of aliphatic hydroxyl groups excluding tert-OH is 3. The molecule has 0 spiro atoms. The van der Waals surface area contributed by atoms with Gasteiger partial charge >= 0.3 is 0 Å². The lowest BCUT2D eigenvalue weighted by Gasteiger charge is -2.21. The summed E-state index contributed by atoms with van der Waals surface area (Å²) >= 11 is 0. The second kappa shape index (κ2) is 49.7. The van der Waals surface area contributed by atoms with Crippen LogP contribution in [0, 0.1) is 0 Å². The van der Waals surface area contributed by atoms with Gasteiger partial charge in [0.15, 0.2) is 0 Å². The normalized spacial score (nSPS) is 13.9. The van der Waals surface area contributed by atoms with E-state index in [1.165, 1.54) is 186 Å². The molecular weight excluding hydrogens is 739 g/mol. The summed E-state index contributed by atoms with van der Waals surface area (Å²) in [5.41, 5.74) is 0. The first-order valence-corrected chi connectivity index (χ1v) is 26.1. The number of aliphatic hydroxyl groups is 3. The first-order chi connectivity index (χ1) is 29.5. The number of hydrogen-bond donors (Lipinski definition) is 4. The van der Waals surface area contributed by atoms with Crippen LogP contribution >= 0.6 is 0 Å². The largest absolute Gasteiger partial charge is 0.394 e. The van der Waals surface area contributed by atoms with Crippen LogP contribution in [0.15, 0.2) is 60.8 Å². The molecule has 3 atom stereocenters. The van der Waals surface area contributed by atoms with Crippen LogP contribution in [-0.2, 0) is 4.79 Å². The molecule has 0 saturated carbocycles. The third-order valence-electron chi connectivity index (χ3n) is 11.8. The van der Waals surface area contributed by atoms with Crippen molar-refractivity contribution in [3.05, 3.63) is 60.8 Å². The lowest BCUT2D eigenvalue weighted by molar-refractivity contribution is -0.124. The lowest BCUT2D eigenvalue weighted by Crippen LogP contribution is -2.45. The Morgan fingerprint density at radius 1 is 0.433 bits per heavy atom. The molecule has 5 heteroatoms. The molecule has 1 amide bonds. The van der Waals surface area contributed by atoms with E-state index in [4.69, 9.17) is 0 Å². The number of rotatable bonds is 47. The van der Waals surface area contributed by atoms with E-state index in [1.807, 2.05) is 6.08 Å². The van der Waals surface area contributed by atoms with Gasteiger partial charge in [0.2, 0.25) is 5.91 Å². The molecule has 0 rings (SSSR count). The van der Waals surface area contributed by atoms with Gasteiger partial charge in [-0.3, -0.25) is 4.79 Å². The fourth-order valence-electron chi connectivity index (χ4n) is 7.74. The Labute approximate surface area is 373 Å². The zero-order chi connectivity index (χ0) is 43.7. The summed E-state index contributed by atoms with van der Waals surface area (Å²) in [5, 5.41) is 33.2. The van der Waals surface area contributed by atoms with Gasteiger partial charge in [0, 0.05) is 0 Å². The van der Waals surface area contributed by atoms with E-state index in [9.17, 15) is 20.1 Å². The fraction of sp³-hybridized carbons (Fsp3) is 0.800. The molecule has 60 heavy (non-hydrogen) atoms. The van der Waals surface area contributed by atoms with Crippen LogP contribution in [0.1, 0.15) is 258 Å². The molecule has 0 aromatic rings. The molecule has 0 saturated heterocycles. The molecule has 5 nitrogen and oxygen atoms in total. The van der Waals surface area contributed by atoms with Gasteiger partial charge in [0.25, 0.3) is 0 Å².